The number of benzene rings is 1. The van der Waals surface area contributed by atoms with E-state index < -0.39 is 0 Å². The van der Waals surface area contributed by atoms with Crippen molar-refractivity contribution in [2.24, 2.45) is 0 Å². The summed E-state index contributed by atoms with van der Waals surface area (Å²) in [6, 6.07) is 14.1. The first kappa shape index (κ1) is 17.5. The average molecular weight is 378 g/mol. The molecule has 27 heavy (non-hydrogen) atoms. The van der Waals surface area contributed by atoms with Crippen molar-refractivity contribution in [3.63, 3.8) is 0 Å². The van der Waals surface area contributed by atoms with E-state index in [4.69, 9.17) is 0 Å². The molecule has 1 N–H and O–H groups in total. The Morgan fingerprint density at radius 1 is 1.11 bits per heavy atom. The van der Waals surface area contributed by atoms with E-state index in [1.165, 1.54) is 0 Å². The molecule has 0 saturated carbocycles. The van der Waals surface area contributed by atoms with Gasteiger partial charge in [0.25, 0.3) is 5.24 Å². The second-order valence-electron chi connectivity index (χ2n) is 6.50. The molecule has 1 atom stereocenters. The number of hydrogen-bond acceptors (Lipinski definition) is 6. The molecule has 0 radical (unpaired) electrons. The van der Waals surface area contributed by atoms with Crippen LogP contribution in [-0.2, 0) is 17.8 Å². The van der Waals surface area contributed by atoms with Crippen LogP contribution in [0.1, 0.15) is 11.1 Å². The first-order valence-corrected chi connectivity index (χ1v) is 9.48. The third-order valence-corrected chi connectivity index (χ3v) is 5.43. The van der Waals surface area contributed by atoms with Gasteiger partial charge in [0, 0.05) is 31.4 Å². The fraction of sp³-hybridized carbons (Fsp3) is 0.200. The predicted octanol–water partition coefficient (Wildman–Crippen LogP) is 3.16. The lowest BCUT2D eigenvalue weighted by molar-refractivity contribution is -0.118. The van der Waals surface area contributed by atoms with E-state index in [2.05, 4.69) is 32.3 Å². The van der Waals surface area contributed by atoms with Gasteiger partial charge in [0.05, 0.1) is 10.8 Å². The number of imide groups is 1. The SMILES string of the molecule is CN(Cc1ccc2cc(CC3SC(=O)NC3=O)cnc2c1)c1ccccn1. The minimum Gasteiger partial charge on any atom is -0.355 e. The van der Waals surface area contributed by atoms with E-state index in [9.17, 15) is 9.59 Å². The largest absolute Gasteiger partial charge is 0.355 e. The smallest absolute Gasteiger partial charge is 0.286 e. The van der Waals surface area contributed by atoms with Crippen LogP contribution >= 0.6 is 11.8 Å². The molecule has 0 bridgehead atoms. The standard InChI is InChI=1S/C20H18N4O2S/c1-24(18-4-2-3-7-21-18)12-13-5-6-15-8-14(11-22-16(15)9-13)10-17-19(25)23-20(26)27-17/h2-9,11,17H,10,12H2,1H3,(H,23,25,26). The number of amides is 2. The molecule has 3 heterocycles. The maximum absolute atomic E-state index is 11.7. The summed E-state index contributed by atoms with van der Waals surface area (Å²) in [4.78, 5) is 34.0. The lowest BCUT2D eigenvalue weighted by Crippen LogP contribution is -2.25. The van der Waals surface area contributed by atoms with Gasteiger partial charge in [0.1, 0.15) is 5.82 Å². The summed E-state index contributed by atoms with van der Waals surface area (Å²) >= 11 is 1.04. The molecule has 1 unspecified atom stereocenters. The van der Waals surface area contributed by atoms with E-state index in [0.29, 0.717) is 6.42 Å². The molecular weight excluding hydrogens is 360 g/mol. The Balaban J connectivity index is 1.50. The number of pyridine rings is 2. The fourth-order valence-electron chi connectivity index (χ4n) is 3.10. The van der Waals surface area contributed by atoms with Gasteiger partial charge in [-0.2, -0.15) is 0 Å². The highest BCUT2D eigenvalue weighted by atomic mass is 32.2. The van der Waals surface area contributed by atoms with Gasteiger partial charge in [-0.1, -0.05) is 30.0 Å². The minimum absolute atomic E-state index is 0.224. The van der Waals surface area contributed by atoms with E-state index in [1.54, 1.807) is 12.4 Å². The second kappa shape index (κ2) is 7.36. The van der Waals surface area contributed by atoms with Crippen LogP contribution in [0.3, 0.4) is 0 Å². The summed E-state index contributed by atoms with van der Waals surface area (Å²) in [5, 5.41) is 2.69. The molecular formula is C20H18N4O2S. The Kier molecular flexibility index (Phi) is 4.77. The summed E-state index contributed by atoms with van der Waals surface area (Å²) in [6.45, 7) is 0.734. The van der Waals surface area contributed by atoms with E-state index in [0.717, 1.165) is 46.2 Å². The van der Waals surface area contributed by atoms with E-state index in [-0.39, 0.29) is 16.4 Å². The summed E-state index contributed by atoms with van der Waals surface area (Å²) in [5.41, 5.74) is 3.00. The number of aromatic nitrogens is 2. The van der Waals surface area contributed by atoms with Gasteiger partial charge in [-0.25, -0.2) is 4.98 Å². The zero-order valence-electron chi connectivity index (χ0n) is 14.8. The van der Waals surface area contributed by atoms with Crippen molar-refractivity contribution >= 4 is 39.6 Å². The van der Waals surface area contributed by atoms with Crippen LogP contribution < -0.4 is 10.2 Å². The zero-order chi connectivity index (χ0) is 18.8. The third kappa shape index (κ3) is 3.93. The van der Waals surface area contributed by atoms with Gasteiger partial charge in [-0.05, 0) is 41.8 Å². The Morgan fingerprint density at radius 3 is 2.74 bits per heavy atom. The van der Waals surface area contributed by atoms with Gasteiger partial charge in [0.15, 0.2) is 0 Å². The number of rotatable bonds is 5. The molecule has 6 nitrogen and oxygen atoms in total. The number of nitrogens with one attached hydrogen (secondary N) is 1. The molecule has 4 rings (SSSR count). The molecule has 136 valence electrons. The maximum Gasteiger partial charge on any atom is 0.286 e. The number of nitrogens with zero attached hydrogens (tertiary/aromatic N) is 3. The molecule has 1 fully saturated rings. The van der Waals surface area contributed by atoms with Crippen molar-refractivity contribution in [3.8, 4) is 0 Å². The average Bonchev–Trinajstić information content (AvgIpc) is 2.99. The number of carbonyl (C=O) groups excluding carboxylic acids is 2. The zero-order valence-corrected chi connectivity index (χ0v) is 15.6. The van der Waals surface area contributed by atoms with E-state index >= 15 is 0 Å². The van der Waals surface area contributed by atoms with Crippen molar-refractivity contribution in [2.75, 3.05) is 11.9 Å². The van der Waals surface area contributed by atoms with Gasteiger partial charge in [-0.15, -0.1) is 0 Å². The highest BCUT2D eigenvalue weighted by Gasteiger charge is 2.31. The lowest BCUT2D eigenvalue weighted by atomic mass is 10.1. The van der Waals surface area contributed by atoms with Gasteiger partial charge < -0.3 is 4.90 Å². The number of fused-ring (bicyclic) bond motifs is 1. The molecule has 1 saturated heterocycles. The van der Waals surface area contributed by atoms with Crippen LogP contribution in [0.15, 0.2) is 54.9 Å². The summed E-state index contributed by atoms with van der Waals surface area (Å²) in [6.07, 6.45) is 4.06. The Bertz CT molecular complexity index is 1010. The maximum atomic E-state index is 11.7. The summed E-state index contributed by atoms with van der Waals surface area (Å²) in [7, 11) is 2.01. The molecule has 2 aromatic heterocycles. The van der Waals surface area contributed by atoms with Crippen molar-refractivity contribution in [1.29, 1.82) is 0 Å². The van der Waals surface area contributed by atoms with Crippen LogP contribution in [-0.4, -0.2) is 33.4 Å². The molecule has 2 amide bonds. The third-order valence-electron chi connectivity index (χ3n) is 4.45. The number of thioether (sulfide) groups is 1. The van der Waals surface area contributed by atoms with Crippen LogP contribution in [0.4, 0.5) is 10.6 Å². The second-order valence-corrected chi connectivity index (χ2v) is 7.68. The van der Waals surface area contributed by atoms with Crippen LogP contribution in [0.25, 0.3) is 10.9 Å². The molecule has 1 aliphatic rings. The molecule has 3 aromatic rings. The summed E-state index contributed by atoms with van der Waals surface area (Å²) in [5.74, 6) is 0.695. The monoisotopic (exact) mass is 378 g/mol. The summed E-state index contributed by atoms with van der Waals surface area (Å²) < 4.78 is 0. The van der Waals surface area contributed by atoms with Crippen molar-refractivity contribution in [1.82, 2.24) is 15.3 Å². The highest BCUT2D eigenvalue weighted by molar-refractivity contribution is 8.15. The molecule has 1 aliphatic heterocycles. The van der Waals surface area contributed by atoms with Crippen LogP contribution in [0, 0.1) is 0 Å². The van der Waals surface area contributed by atoms with Crippen molar-refractivity contribution in [3.05, 3.63) is 66.0 Å². The Hall–Kier alpha value is -2.93. The molecule has 0 spiro atoms. The predicted molar refractivity (Wildman–Crippen MR) is 107 cm³/mol. The highest BCUT2D eigenvalue weighted by Crippen LogP contribution is 2.24. The van der Waals surface area contributed by atoms with Crippen molar-refractivity contribution in [2.45, 2.75) is 18.2 Å². The number of anilines is 1. The van der Waals surface area contributed by atoms with Gasteiger partial charge in [0.2, 0.25) is 5.91 Å². The minimum atomic E-state index is -0.372. The van der Waals surface area contributed by atoms with Crippen LogP contribution in [0.2, 0.25) is 0 Å². The Morgan fingerprint density at radius 2 is 2.00 bits per heavy atom. The quantitative estimate of drug-likeness (QED) is 0.735. The van der Waals surface area contributed by atoms with Crippen LogP contribution in [0.5, 0.6) is 0 Å². The van der Waals surface area contributed by atoms with E-state index in [1.807, 2.05) is 37.4 Å². The molecule has 7 heteroatoms. The fourth-order valence-corrected chi connectivity index (χ4v) is 3.96. The number of carbonyl (C=O) groups is 2. The number of hydrogen-bond donors (Lipinski definition) is 1. The van der Waals surface area contributed by atoms with Crippen molar-refractivity contribution < 1.29 is 9.59 Å². The van der Waals surface area contributed by atoms with Gasteiger partial charge in [-0.3, -0.25) is 19.9 Å². The first-order chi connectivity index (χ1) is 13.1. The topological polar surface area (TPSA) is 75.2 Å². The molecule has 0 aliphatic carbocycles. The molecule has 1 aromatic carbocycles. The lowest BCUT2D eigenvalue weighted by Gasteiger charge is -2.18. The normalized spacial score (nSPS) is 16.6. The van der Waals surface area contributed by atoms with Gasteiger partial charge >= 0.3 is 0 Å². The first-order valence-electron chi connectivity index (χ1n) is 8.60. The Labute approximate surface area is 161 Å².